The second-order valence-electron chi connectivity index (χ2n) is 4.28. The van der Waals surface area contributed by atoms with Gasteiger partial charge in [0.25, 0.3) is 0 Å². The van der Waals surface area contributed by atoms with Crippen molar-refractivity contribution in [1.29, 1.82) is 0 Å². The summed E-state index contributed by atoms with van der Waals surface area (Å²) < 4.78 is 0. The lowest BCUT2D eigenvalue weighted by molar-refractivity contribution is -0.135. The first kappa shape index (κ1) is 12.2. The van der Waals surface area contributed by atoms with E-state index in [2.05, 4.69) is 4.98 Å². The van der Waals surface area contributed by atoms with E-state index in [1.54, 1.807) is 11.9 Å². The van der Waals surface area contributed by atoms with E-state index >= 15 is 0 Å². The van der Waals surface area contributed by atoms with E-state index in [9.17, 15) is 4.79 Å². The lowest BCUT2D eigenvalue weighted by atomic mass is 10.1. The van der Waals surface area contributed by atoms with Crippen molar-refractivity contribution in [3.8, 4) is 0 Å². The average Bonchev–Trinajstić information content (AvgIpc) is 2.28. The molecule has 0 bridgehead atoms. The Morgan fingerprint density at radius 3 is 2.83 bits per heavy atom. The second kappa shape index (κ2) is 4.52. The highest BCUT2D eigenvalue weighted by molar-refractivity contribution is 6.00. The largest absolute Gasteiger partial charge is 0.480 e. The Hall–Kier alpha value is -2.30. The van der Waals surface area contributed by atoms with E-state index in [0.29, 0.717) is 11.5 Å². The number of aromatic nitrogens is 1. The predicted molar refractivity (Wildman–Crippen MR) is 71.8 cm³/mol. The molecule has 94 valence electrons. The van der Waals surface area contributed by atoms with Crippen molar-refractivity contribution in [2.75, 3.05) is 24.2 Å². The molecular weight excluding hydrogens is 230 g/mol. The molecule has 0 aliphatic rings. The molecule has 18 heavy (non-hydrogen) atoms. The van der Waals surface area contributed by atoms with Gasteiger partial charge in [-0.2, -0.15) is 0 Å². The van der Waals surface area contributed by atoms with Crippen LogP contribution in [0.15, 0.2) is 24.3 Å². The molecule has 1 heterocycles. The number of hydrogen-bond donors (Lipinski definition) is 2. The van der Waals surface area contributed by atoms with Crippen molar-refractivity contribution in [2.45, 2.75) is 6.92 Å². The minimum atomic E-state index is -0.891. The summed E-state index contributed by atoms with van der Waals surface area (Å²) >= 11 is 0. The zero-order chi connectivity index (χ0) is 13.3. The van der Waals surface area contributed by atoms with Crippen LogP contribution in [-0.2, 0) is 4.79 Å². The molecule has 3 N–H and O–H groups in total. The number of aliphatic carboxylic acids is 1. The summed E-state index contributed by atoms with van der Waals surface area (Å²) in [5.74, 6) is -0.252. The molecule has 0 amide bonds. The fourth-order valence-electron chi connectivity index (χ4n) is 1.98. The first-order valence-corrected chi connectivity index (χ1v) is 5.58. The topological polar surface area (TPSA) is 79.5 Å². The first-order chi connectivity index (χ1) is 8.49. The number of fused-ring (bicyclic) bond motifs is 1. The van der Waals surface area contributed by atoms with Gasteiger partial charge in [-0.25, -0.2) is 4.98 Å². The van der Waals surface area contributed by atoms with Gasteiger partial charge >= 0.3 is 5.97 Å². The van der Waals surface area contributed by atoms with E-state index in [1.807, 2.05) is 31.2 Å². The van der Waals surface area contributed by atoms with Gasteiger partial charge in [-0.1, -0.05) is 12.1 Å². The first-order valence-electron chi connectivity index (χ1n) is 5.58. The van der Waals surface area contributed by atoms with Crippen molar-refractivity contribution >= 4 is 28.2 Å². The minimum absolute atomic E-state index is 0.0969. The summed E-state index contributed by atoms with van der Waals surface area (Å²) in [6.45, 7) is 1.77. The number of likely N-dealkylation sites (N-methyl/N-ethyl adjacent to an activating group) is 1. The molecule has 2 rings (SSSR count). The second-order valence-corrected chi connectivity index (χ2v) is 4.28. The van der Waals surface area contributed by atoms with Crippen molar-refractivity contribution in [3.05, 3.63) is 30.0 Å². The third-order valence-electron chi connectivity index (χ3n) is 2.75. The molecule has 0 saturated carbocycles. The molecule has 0 aliphatic carbocycles. The molecule has 2 aromatic rings. The number of carboxylic acids is 1. The van der Waals surface area contributed by atoms with Crippen LogP contribution in [0.4, 0.5) is 11.5 Å². The van der Waals surface area contributed by atoms with Gasteiger partial charge < -0.3 is 15.7 Å². The third kappa shape index (κ3) is 2.20. The number of carboxylic acid groups (broad SMARTS) is 1. The highest BCUT2D eigenvalue weighted by atomic mass is 16.4. The Morgan fingerprint density at radius 1 is 1.44 bits per heavy atom. The molecule has 0 fully saturated rings. The lowest BCUT2D eigenvalue weighted by Crippen LogP contribution is -2.26. The summed E-state index contributed by atoms with van der Waals surface area (Å²) in [4.78, 5) is 16.8. The zero-order valence-electron chi connectivity index (χ0n) is 10.3. The number of nitrogens with zero attached hydrogens (tertiary/aromatic N) is 2. The van der Waals surface area contributed by atoms with Gasteiger partial charge in [0.05, 0.1) is 0 Å². The minimum Gasteiger partial charge on any atom is -0.480 e. The standard InChI is InChI=1S/C13H15N3O2/c1-8-6-10-9(4-3-5-11(10)14)13(15-8)16(2)7-12(17)18/h3-6H,7,14H2,1-2H3,(H,17,18). The number of nitrogens with two attached hydrogens (primary N) is 1. The van der Waals surface area contributed by atoms with E-state index in [4.69, 9.17) is 10.8 Å². The summed E-state index contributed by atoms with van der Waals surface area (Å²) in [5.41, 5.74) is 7.41. The normalized spacial score (nSPS) is 10.6. The van der Waals surface area contributed by atoms with Crippen LogP contribution in [-0.4, -0.2) is 29.7 Å². The number of carbonyl (C=O) groups is 1. The molecule has 1 aromatic heterocycles. The highest BCUT2D eigenvalue weighted by Gasteiger charge is 2.12. The smallest absolute Gasteiger partial charge is 0.323 e. The third-order valence-corrected chi connectivity index (χ3v) is 2.75. The fraction of sp³-hybridized carbons (Fsp3) is 0.231. The van der Waals surface area contributed by atoms with Gasteiger partial charge in [-0.15, -0.1) is 0 Å². The number of anilines is 2. The van der Waals surface area contributed by atoms with E-state index in [0.717, 1.165) is 16.5 Å². The van der Waals surface area contributed by atoms with Crippen LogP contribution in [0.25, 0.3) is 10.8 Å². The summed E-state index contributed by atoms with van der Waals surface area (Å²) in [6.07, 6.45) is 0. The van der Waals surface area contributed by atoms with E-state index in [-0.39, 0.29) is 6.54 Å². The van der Waals surface area contributed by atoms with Crippen molar-refractivity contribution in [1.82, 2.24) is 4.98 Å². The van der Waals surface area contributed by atoms with Crippen molar-refractivity contribution in [3.63, 3.8) is 0 Å². The number of nitrogen functional groups attached to an aromatic ring is 1. The highest BCUT2D eigenvalue weighted by Crippen LogP contribution is 2.28. The van der Waals surface area contributed by atoms with Crippen molar-refractivity contribution in [2.24, 2.45) is 0 Å². The van der Waals surface area contributed by atoms with E-state index < -0.39 is 5.97 Å². The maximum Gasteiger partial charge on any atom is 0.323 e. The fourth-order valence-corrected chi connectivity index (χ4v) is 1.98. The summed E-state index contributed by atoms with van der Waals surface area (Å²) in [6, 6.07) is 7.46. The molecular formula is C13H15N3O2. The molecule has 0 spiro atoms. The van der Waals surface area contributed by atoms with Crippen LogP contribution in [0.3, 0.4) is 0 Å². The Labute approximate surface area is 105 Å². The molecule has 0 saturated heterocycles. The molecule has 0 unspecified atom stereocenters. The Kier molecular flexibility index (Phi) is 3.06. The number of aryl methyl sites for hydroxylation is 1. The van der Waals surface area contributed by atoms with Crippen LogP contribution in [0.1, 0.15) is 5.69 Å². The van der Waals surface area contributed by atoms with Crippen LogP contribution in [0, 0.1) is 6.92 Å². The van der Waals surface area contributed by atoms with Crippen molar-refractivity contribution < 1.29 is 9.90 Å². The van der Waals surface area contributed by atoms with Crippen LogP contribution in [0.2, 0.25) is 0 Å². The summed E-state index contributed by atoms with van der Waals surface area (Å²) in [5, 5.41) is 10.6. The Morgan fingerprint density at radius 2 is 2.17 bits per heavy atom. The van der Waals surface area contributed by atoms with Crippen LogP contribution >= 0.6 is 0 Å². The molecule has 0 atom stereocenters. The number of hydrogen-bond acceptors (Lipinski definition) is 4. The number of pyridine rings is 1. The molecule has 0 aliphatic heterocycles. The Balaban J connectivity index is 2.62. The maximum atomic E-state index is 10.8. The van der Waals surface area contributed by atoms with Crippen LogP contribution in [0.5, 0.6) is 0 Å². The molecule has 5 nitrogen and oxygen atoms in total. The van der Waals surface area contributed by atoms with Gasteiger partial charge in [-0.3, -0.25) is 4.79 Å². The van der Waals surface area contributed by atoms with Gasteiger partial charge in [0.2, 0.25) is 0 Å². The van der Waals surface area contributed by atoms with Crippen LogP contribution < -0.4 is 10.6 Å². The zero-order valence-corrected chi connectivity index (χ0v) is 10.3. The van der Waals surface area contributed by atoms with Gasteiger partial charge in [0.15, 0.2) is 0 Å². The quantitative estimate of drug-likeness (QED) is 0.804. The van der Waals surface area contributed by atoms with E-state index in [1.165, 1.54) is 0 Å². The number of rotatable bonds is 3. The Bertz CT molecular complexity index is 610. The SMILES string of the molecule is Cc1cc2c(N)cccc2c(N(C)CC(=O)O)n1. The van der Waals surface area contributed by atoms with Gasteiger partial charge in [0, 0.05) is 29.2 Å². The molecule has 0 radical (unpaired) electrons. The molecule has 1 aromatic carbocycles. The lowest BCUT2D eigenvalue weighted by Gasteiger charge is -2.19. The number of benzene rings is 1. The maximum absolute atomic E-state index is 10.8. The monoisotopic (exact) mass is 245 g/mol. The average molecular weight is 245 g/mol. The van der Waals surface area contributed by atoms with Gasteiger partial charge in [0.1, 0.15) is 12.4 Å². The predicted octanol–water partition coefficient (Wildman–Crippen LogP) is 1.65. The summed E-state index contributed by atoms with van der Waals surface area (Å²) in [7, 11) is 1.71. The molecule has 5 heteroatoms. The van der Waals surface area contributed by atoms with Gasteiger partial charge in [-0.05, 0) is 19.1 Å².